The van der Waals surface area contributed by atoms with Gasteiger partial charge in [0.15, 0.2) is 0 Å². The lowest BCUT2D eigenvalue weighted by molar-refractivity contribution is 0.224. The van der Waals surface area contributed by atoms with E-state index in [9.17, 15) is 0 Å². The van der Waals surface area contributed by atoms with Crippen LogP contribution in [0.1, 0.15) is 49.2 Å². The fourth-order valence-electron chi connectivity index (χ4n) is 2.48. The first kappa shape index (κ1) is 15.3. The topological polar surface area (TPSA) is 29.3 Å². The van der Waals surface area contributed by atoms with Crippen molar-refractivity contribution in [1.29, 1.82) is 0 Å². The normalized spacial score (nSPS) is 13.4. The minimum Gasteiger partial charge on any atom is -0.459 e. The highest BCUT2D eigenvalue weighted by Crippen LogP contribution is 2.28. The van der Waals surface area contributed by atoms with Gasteiger partial charge in [0, 0.05) is 23.2 Å². The van der Waals surface area contributed by atoms with Crippen LogP contribution in [-0.2, 0) is 6.54 Å². The van der Waals surface area contributed by atoms with E-state index in [-0.39, 0.29) is 6.04 Å². The van der Waals surface area contributed by atoms with E-state index in [1.54, 1.807) is 11.3 Å². The summed E-state index contributed by atoms with van der Waals surface area (Å²) in [4.78, 5) is 6.99. The predicted molar refractivity (Wildman–Crippen MR) is 92.3 cm³/mol. The van der Waals surface area contributed by atoms with Crippen molar-refractivity contribution in [3.05, 3.63) is 52.2 Å². The first-order valence-electron chi connectivity index (χ1n) is 7.67. The molecule has 0 aliphatic rings. The van der Waals surface area contributed by atoms with Gasteiger partial charge in [-0.3, -0.25) is 4.90 Å². The van der Waals surface area contributed by atoms with Gasteiger partial charge in [-0.1, -0.05) is 32.0 Å². The average molecular weight is 314 g/mol. The lowest BCUT2D eigenvalue weighted by atomic mass is 10.2. The molecule has 0 N–H and O–H groups in total. The molecule has 1 aromatic carbocycles. The Morgan fingerprint density at radius 1 is 1.23 bits per heavy atom. The smallest absolute Gasteiger partial charge is 0.134 e. The van der Waals surface area contributed by atoms with Crippen LogP contribution in [0, 0.1) is 0 Å². The van der Waals surface area contributed by atoms with Crippen LogP contribution in [0.15, 0.2) is 40.1 Å². The predicted octanol–water partition coefficient (Wildman–Crippen LogP) is 5.21. The molecule has 116 valence electrons. The van der Waals surface area contributed by atoms with Gasteiger partial charge in [-0.05, 0) is 26.1 Å². The molecule has 1 atom stereocenters. The second-order valence-corrected chi connectivity index (χ2v) is 7.00. The Balaban J connectivity index is 1.74. The van der Waals surface area contributed by atoms with Gasteiger partial charge in [0.25, 0.3) is 0 Å². The van der Waals surface area contributed by atoms with Crippen molar-refractivity contribution in [3.8, 4) is 0 Å². The summed E-state index contributed by atoms with van der Waals surface area (Å²) in [6.07, 6.45) is 0. The molecule has 22 heavy (non-hydrogen) atoms. The highest BCUT2D eigenvalue weighted by atomic mass is 32.1. The van der Waals surface area contributed by atoms with Gasteiger partial charge in [-0.25, -0.2) is 4.98 Å². The second kappa shape index (κ2) is 6.23. The maximum atomic E-state index is 5.97. The number of furan rings is 1. The molecule has 2 heterocycles. The molecule has 0 radical (unpaired) electrons. The monoisotopic (exact) mass is 314 g/mol. The Hall–Kier alpha value is -1.65. The highest BCUT2D eigenvalue weighted by Gasteiger charge is 2.17. The van der Waals surface area contributed by atoms with Crippen LogP contribution in [0.2, 0.25) is 0 Å². The van der Waals surface area contributed by atoms with Crippen molar-refractivity contribution in [2.75, 3.05) is 7.05 Å². The number of para-hydroxylation sites is 1. The molecule has 4 heteroatoms. The van der Waals surface area contributed by atoms with Crippen molar-refractivity contribution in [2.45, 2.75) is 39.3 Å². The first-order chi connectivity index (χ1) is 10.5. The van der Waals surface area contributed by atoms with Crippen LogP contribution in [-0.4, -0.2) is 16.9 Å². The summed E-state index contributed by atoms with van der Waals surface area (Å²) in [5, 5.41) is 4.53. The molecule has 0 aliphatic heterocycles. The zero-order valence-electron chi connectivity index (χ0n) is 13.5. The Morgan fingerprint density at radius 3 is 2.68 bits per heavy atom. The summed E-state index contributed by atoms with van der Waals surface area (Å²) in [5.41, 5.74) is 2.09. The lowest BCUT2D eigenvalue weighted by Gasteiger charge is -2.21. The number of thiazole rings is 1. The molecule has 0 bridgehead atoms. The van der Waals surface area contributed by atoms with E-state index in [2.05, 4.69) is 50.2 Å². The average Bonchev–Trinajstić information content (AvgIpc) is 3.12. The Bertz CT molecular complexity index is 726. The molecule has 0 spiro atoms. The van der Waals surface area contributed by atoms with E-state index in [0.717, 1.165) is 29.0 Å². The summed E-state index contributed by atoms with van der Waals surface area (Å²) >= 11 is 1.75. The van der Waals surface area contributed by atoms with Crippen LogP contribution >= 0.6 is 11.3 Å². The van der Waals surface area contributed by atoms with Crippen molar-refractivity contribution in [3.63, 3.8) is 0 Å². The molecular formula is C18H22N2OS. The lowest BCUT2D eigenvalue weighted by Crippen LogP contribution is -2.21. The van der Waals surface area contributed by atoms with Crippen molar-refractivity contribution < 1.29 is 4.42 Å². The number of hydrogen-bond donors (Lipinski definition) is 0. The summed E-state index contributed by atoms with van der Waals surface area (Å²) in [6.45, 7) is 7.38. The summed E-state index contributed by atoms with van der Waals surface area (Å²) in [5.74, 6) is 1.50. The van der Waals surface area contributed by atoms with Crippen molar-refractivity contribution >= 4 is 22.3 Å². The van der Waals surface area contributed by atoms with E-state index < -0.39 is 0 Å². The zero-order valence-corrected chi connectivity index (χ0v) is 14.4. The van der Waals surface area contributed by atoms with Gasteiger partial charge in [-0.15, -0.1) is 11.3 Å². The number of hydrogen-bond acceptors (Lipinski definition) is 4. The first-order valence-corrected chi connectivity index (χ1v) is 8.55. The largest absolute Gasteiger partial charge is 0.459 e. The fourth-order valence-corrected chi connectivity index (χ4v) is 3.30. The molecule has 3 nitrogen and oxygen atoms in total. The van der Waals surface area contributed by atoms with Gasteiger partial charge in [-0.2, -0.15) is 0 Å². The molecule has 3 aromatic rings. The van der Waals surface area contributed by atoms with Crippen LogP contribution < -0.4 is 0 Å². The third kappa shape index (κ3) is 3.08. The molecule has 0 unspecified atom stereocenters. The Labute approximate surface area is 135 Å². The maximum Gasteiger partial charge on any atom is 0.134 e. The van der Waals surface area contributed by atoms with Gasteiger partial charge in [0.1, 0.15) is 11.3 Å². The molecule has 0 fully saturated rings. The van der Waals surface area contributed by atoms with Gasteiger partial charge < -0.3 is 4.42 Å². The van der Waals surface area contributed by atoms with Crippen molar-refractivity contribution in [1.82, 2.24) is 9.88 Å². The van der Waals surface area contributed by atoms with Gasteiger partial charge in [0.05, 0.1) is 16.7 Å². The number of benzene rings is 1. The minimum absolute atomic E-state index is 0.219. The van der Waals surface area contributed by atoms with Gasteiger partial charge >= 0.3 is 0 Å². The molecule has 0 amide bonds. The van der Waals surface area contributed by atoms with Crippen LogP contribution in [0.3, 0.4) is 0 Å². The second-order valence-electron chi connectivity index (χ2n) is 6.11. The summed E-state index contributed by atoms with van der Waals surface area (Å²) < 4.78 is 5.97. The van der Waals surface area contributed by atoms with Crippen LogP contribution in [0.5, 0.6) is 0 Å². The zero-order chi connectivity index (χ0) is 15.7. The quantitative estimate of drug-likeness (QED) is 0.647. The highest BCUT2D eigenvalue weighted by molar-refractivity contribution is 7.09. The third-order valence-electron chi connectivity index (χ3n) is 3.99. The van der Waals surface area contributed by atoms with E-state index >= 15 is 0 Å². The molecule has 0 saturated heterocycles. The van der Waals surface area contributed by atoms with E-state index in [1.165, 1.54) is 5.01 Å². The van der Waals surface area contributed by atoms with Crippen molar-refractivity contribution in [2.24, 2.45) is 0 Å². The maximum absolute atomic E-state index is 5.97. The minimum atomic E-state index is 0.219. The van der Waals surface area contributed by atoms with E-state index in [0.29, 0.717) is 5.92 Å². The molecular weight excluding hydrogens is 292 g/mol. The van der Waals surface area contributed by atoms with Crippen LogP contribution in [0.25, 0.3) is 11.0 Å². The Morgan fingerprint density at radius 2 is 2.00 bits per heavy atom. The molecule has 0 saturated carbocycles. The standard InChI is InChI=1S/C18H22N2OS/c1-12(2)18-19-15(11-22-18)10-20(4)13(3)17-9-14-7-5-6-8-16(14)21-17/h5-9,11-13H,10H2,1-4H3/t13-/m0/s1. The third-order valence-corrected chi connectivity index (χ3v) is 5.19. The fraction of sp³-hybridized carbons (Fsp3) is 0.389. The number of aromatic nitrogens is 1. The number of fused-ring (bicyclic) bond motifs is 1. The molecule has 2 aromatic heterocycles. The van der Waals surface area contributed by atoms with Crippen LogP contribution in [0.4, 0.5) is 0 Å². The molecule has 0 aliphatic carbocycles. The SMILES string of the molecule is CC(C)c1nc(CN(C)[C@@H](C)c2cc3ccccc3o2)cs1. The van der Waals surface area contributed by atoms with E-state index in [1.807, 2.05) is 18.2 Å². The number of nitrogens with zero attached hydrogens (tertiary/aromatic N) is 2. The van der Waals surface area contributed by atoms with E-state index in [4.69, 9.17) is 9.40 Å². The summed E-state index contributed by atoms with van der Waals surface area (Å²) in [7, 11) is 2.12. The van der Waals surface area contributed by atoms with Gasteiger partial charge in [0.2, 0.25) is 0 Å². The summed E-state index contributed by atoms with van der Waals surface area (Å²) in [6, 6.07) is 10.5. The Kier molecular flexibility index (Phi) is 4.32. The molecule has 3 rings (SSSR count). The number of rotatable bonds is 5.